The standard InChI is InChI=1S/C6H13N.C3H7N/c1-7-5-3-2-4-6-7;1-3-4-2/h2-6H2,1H3;3H,1-2H3. The first kappa shape index (κ1) is 10.6. The van der Waals surface area contributed by atoms with Gasteiger partial charge in [0.1, 0.15) is 0 Å². The second kappa shape index (κ2) is 7.73. The summed E-state index contributed by atoms with van der Waals surface area (Å²) in [5.74, 6) is 0. The second-order valence-electron chi connectivity index (χ2n) is 2.88. The van der Waals surface area contributed by atoms with Crippen molar-refractivity contribution in [1.29, 1.82) is 0 Å². The molecule has 2 nitrogen and oxygen atoms in total. The first-order chi connectivity index (χ1) is 5.31. The molecule has 1 rings (SSSR count). The Kier molecular flexibility index (Phi) is 7.47. The van der Waals surface area contributed by atoms with E-state index in [2.05, 4.69) is 16.9 Å². The van der Waals surface area contributed by atoms with Gasteiger partial charge < -0.3 is 9.89 Å². The maximum absolute atomic E-state index is 3.61. The molecule has 0 N–H and O–H groups in total. The zero-order chi connectivity index (χ0) is 8.53. The van der Waals surface area contributed by atoms with Gasteiger partial charge in [-0.3, -0.25) is 0 Å². The zero-order valence-electron chi connectivity index (χ0n) is 8.01. The van der Waals surface area contributed by atoms with Crippen molar-refractivity contribution in [1.82, 2.24) is 4.90 Å². The fraction of sp³-hybridized carbons (Fsp3) is 0.889. The Morgan fingerprint density at radius 1 is 1.18 bits per heavy atom. The summed E-state index contributed by atoms with van der Waals surface area (Å²) in [5.41, 5.74) is 0. The topological polar surface area (TPSA) is 15.6 Å². The highest BCUT2D eigenvalue weighted by Crippen LogP contribution is 2.04. The molecule has 0 spiro atoms. The maximum Gasteiger partial charge on any atom is 0.0273 e. The normalized spacial score (nSPS) is 19.5. The van der Waals surface area contributed by atoms with Gasteiger partial charge in [0.2, 0.25) is 0 Å². The van der Waals surface area contributed by atoms with Crippen molar-refractivity contribution < 1.29 is 0 Å². The molecule has 0 bridgehead atoms. The Morgan fingerprint density at radius 2 is 1.64 bits per heavy atom. The van der Waals surface area contributed by atoms with Crippen LogP contribution in [0.25, 0.3) is 0 Å². The van der Waals surface area contributed by atoms with Gasteiger partial charge in [-0.05, 0) is 46.1 Å². The van der Waals surface area contributed by atoms with Crippen LogP contribution in [0.1, 0.15) is 26.2 Å². The number of hydrogen-bond donors (Lipinski definition) is 0. The third-order valence-corrected chi connectivity index (χ3v) is 1.84. The van der Waals surface area contributed by atoms with Crippen LogP contribution in [0.4, 0.5) is 0 Å². The Labute approximate surface area is 70.3 Å². The molecular formula is C9H20N2. The van der Waals surface area contributed by atoms with Gasteiger partial charge in [0, 0.05) is 7.05 Å². The summed E-state index contributed by atoms with van der Waals surface area (Å²) in [6, 6.07) is 0. The van der Waals surface area contributed by atoms with Crippen LogP contribution in [0.2, 0.25) is 0 Å². The highest BCUT2D eigenvalue weighted by atomic mass is 15.1. The number of likely N-dealkylation sites (tertiary alicyclic amines) is 1. The molecule has 1 aliphatic heterocycles. The van der Waals surface area contributed by atoms with E-state index in [1.165, 1.54) is 32.4 Å². The molecule has 0 aromatic heterocycles. The molecule has 0 radical (unpaired) electrons. The molecule has 0 aliphatic carbocycles. The fourth-order valence-corrected chi connectivity index (χ4v) is 1.05. The third kappa shape index (κ3) is 7.53. The molecule has 0 atom stereocenters. The first-order valence-corrected chi connectivity index (χ1v) is 4.36. The lowest BCUT2D eigenvalue weighted by Crippen LogP contribution is -2.24. The summed E-state index contributed by atoms with van der Waals surface area (Å²) in [7, 11) is 3.94. The van der Waals surface area contributed by atoms with E-state index in [1.54, 1.807) is 13.3 Å². The van der Waals surface area contributed by atoms with E-state index < -0.39 is 0 Å². The second-order valence-corrected chi connectivity index (χ2v) is 2.88. The van der Waals surface area contributed by atoms with Gasteiger partial charge in [-0.2, -0.15) is 0 Å². The van der Waals surface area contributed by atoms with Crippen molar-refractivity contribution in [3.8, 4) is 0 Å². The monoisotopic (exact) mass is 156 g/mol. The van der Waals surface area contributed by atoms with Crippen molar-refractivity contribution >= 4 is 6.21 Å². The van der Waals surface area contributed by atoms with E-state index in [-0.39, 0.29) is 0 Å². The van der Waals surface area contributed by atoms with Crippen LogP contribution in [-0.2, 0) is 0 Å². The molecule has 1 heterocycles. The van der Waals surface area contributed by atoms with Gasteiger partial charge in [0.25, 0.3) is 0 Å². The minimum atomic E-state index is 1.32. The average molecular weight is 156 g/mol. The van der Waals surface area contributed by atoms with Crippen molar-refractivity contribution in [2.24, 2.45) is 4.99 Å². The highest BCUT2D eigenvalue weighted by Gasteiger charge is 2.02. The van der Waals surface area contributed by atoms with Gasteiger partial charge in [-0.25, -0.2) is 0 Å². The van der Waals surface area contributed by atoms with E-state index in [4.69, 9.17) is 0 Å². The third-order valence-electron chi connectivity index (χ3n) is 1.84. The first-order valence-electron chi connectivity index (χ1n) is 4.36. The lowest BCUT2D eigenvalue weighted by Gasteiger charge is -2.20. The molecule has 66 valence electrons. The van der Waals surface area contributed by atoms with E-state index in [9.17, 15) is 0 Å². The van der Waals surface area contributed by atoms with Crippen LogP contribution in [0.3, 0.4) is 0 Å². The zero-order valence-corrected chi connectivity index (χ0v) is 8.01. The van der Waals surface area contributed by atoms with Crippen molar-refractivity contribution in [3.63, 3.8) is 0 Å². The highest BCUT2D eigenvalue weighted by molar-refractivity contribution is 5.52. The van der Waals surface area contributed by atoms with Crippen LogP contribution in [0, 0.1) is 0 Å². The number of piperidine rings is 1. The van der Waals surface area contributed by atoms with Gasteiger partial charge in [-0.1, -0.05) is 6.42 Å². The van der Waals surface area contributed by atoms with Crippen LogP contribution >= 0.6 is 0 Å². The summed E-state index contributed by atoms with van der Waals surface area (Å²) < 4.78 is 0. The molecular weight excluding hydrogens is 136 g/mol. The Bertz CT molecular complexity index is 89.7. The molecule has 0 saturated carbocycles. The van der Waals surface area contributed by atoms with E-state index >= 15 is 0 Å². The largest absolute Gasteiger partial charge is 0.306 e. The Balaban J connectivity index is 0.000000218. The van der Waals surface area contributed by atoms with Crippen LogP contribution in [0.5, 0.6) is 0 Å². The molecule has 1 fully saturated rings. The summed E-state index contributed by atoms with van der Waals surface area (Å²) in [4.78, 5) is 6.00. The van der Waals surface area contributed by atoms with Gasteiger partial charge in [0.15, 0.2) is 0 Å². The smallest absolute Gasteiger partial charge is 0.0273 e. The van der Waals surface area contributed by atoms with Crippen LogP contribution < -0.4 is 0 Å². The molecule has 1 saturated heterocycles. The van der Waals surface area contributed by atoms with E-state index in [0.717, 1.165) is 0 Å². The van der Waals surface area contributed by atoms with E-state index in [0.29, 0.717) is 0 Å². The summed E-state index contributed by atoms with van der Waals surface area (Å²) >= 11 is 0. The van der Waals surface area contributed by atoms with E-state index in [1.807, 2.05) is 6.92 Å². The number of hydrogen-bond acceptors (Lipinski definition) is 2. The lowest BCUT2D eigenvalue weighted by atomic mass is 10.1. The summed E-state index contributed by atoms with van der Waals surface area (Å²) in [6.45, 7) is 4.53. The molecule has 0 aromatic carbocycles. The minimum absolute atomic E-state index is 1.32. The predicted molar refractivity (Wildman–Crippen MR) is 51.4 cm³/mol. The lowest BCUT2D eigenvalue weighted by molar-refractivity contribution is 0.277. The Hall–Kier alpha value is -0.370. The maximum atomic E-state index is 3.61. The molecule has 1 aliphatic rings. The van der Waals surface area contributed by atoms with Crippen LogP contribution in [-0.4, -0.2) is 38.3 Å². The molecule has 11 heavy (non-hydrogen) atoms. The van der Waals surface area contributed by atoms with Gasteiger partial charge >= 0.3 is 0 Å². The van der Waals surface area contributed by atoms with Crippen molar-refractivity contribution in [2.45, 2.75) is 26.2 Å². The minimum Gasteiger partial charge on any atom is -0.306 e. The van der Waals surface area contributed by atoms with Gasteiger partial charge in [-0.15, -0.1) is 0 Å². The summed E-state index contributed by atoms with van der Waals surface area (Å²) in [5, 5.41) is 0. The molecule has 0 unspecified atom stereocenters. The van der Waals surface area contributed by atoms with Crippen molar-refractivity contribution in [3.05, 3.63) is 0 Å². The van der Waals surface area contributed by atoms with Crippen molar-refractivity contribution in [2.75, 3.05) is 27.2 Å². The predicted octanol–water partition coefficient (Wildman–Crippen LogP) is 1.81. The average Bonchev–Trinajstić information content (AvgIpc) is 2.07. The fourth-order valence-electron chi connectivity index (χ4n) is 1.05. The number of aliphatic imine (C=N–C) groups is 1. The summed E-state index contributed by atoms with van der Waals surface area (Å²) in [6.07, 6.45) is 6.03. The van der Waals surface area contributed by atoms with Gasteiger partial charge in [0.05, 0.1) is 0 Å². The molecule has 0 amide bonds. The molecule has 2 heteroatoms. The quantitative estimate of drug-likeness (QED) is 0.488. The molecule has 0 aromatic rings. The van der Waals surface area contributed by atoms with Crippen LogP contribution in [0.15, 0.2) is 4.99 Å². The number of rotatable bonds is 0. The Morgan fingerprint density at radius 3 is 1.82 bits per heavy atom. The number of nitrogens with zero attached hydrogens (tertiary/aromatic N) is 2. The SMILES string of the molecule is CC=NC.CN1CCCCC1.